The van der Waals surface area contributed by atoms with E-state index in [2.05, 4.69) is 15.6 Å². The Bertz CT molecular complexity index is 1490. The SMILES string of the molecule is COc1ccccc1CNC(=O)CC[C@H]1N=C2c3ccccc3N=C(SCC(=O)NCCc3ccccc3)N2C1=O. The smallest absolute Gasteiger partial charge is 0.259 e. The highest BCUT2D eigenvalue weighted by Crippen LogP contribution is 2.34. The lowest BCUT2D eigenvalue weighted by Gasteiger charge is -2.25. The molecule has 0 saturated carbocycles. The van der Waals surface area contributed by atoms with E-state index in [1.165, 1.54) is 16.7 Å². The van der Waals surface area contributed by atoms with E-state index in [1.807, 2.05) is 78.9 Å². The van der Waals surface area contributed by atoms with Crippen LogP contribution in [0.1, 0.15) is 29.5 Å². The third-order valence-electron chi connectivity index (χ3n) is 6.77. The molecule has 0 spiro atoms. The fourth-order valence-corrected chi connectivity index (χ4v) is 5.49. The molecule has 210 valence electrons. The number of aliphatic imine (C=N–C) groups is 2. The molecule has 3 aromatic carbocycles. The van der Waals surface area contributed by atoms with Gasteiger partial charge in [-0.05, 0) is 36.6 Å². The van der Waals surface area contributed by atoms with Crippen molar-refractivity contribution in [3.05, 3.63) is 95.6 Å². The first-order valence-electron chi connectivity index (χ1n) is 13.5. The molecule has 0 saturated heterocycles. The second-order valence-electron chi connectivity index (χ2n) is 9.56. The maximum atomic E-state index is 13.5. The molecule has 5 rings (SSSR count). The summed E-state index contributed by atoms with van der Waals surface area (Å²) in [6.45, 7) is 0.853. The van der Waals surface area contributed by atoms with Gasteiger partial charge in [-0.25, -0.2) is 9.89 Å². The summed E-state index contributed by atoms with van der Waals surface area (Å²) in [4.78, 5) is 49.5. The van der Waals surface area contributed by atoms with Crippen molar-refractivity contribution in [2.24, 2.45) is 9.98 Å². The number of amidine groups is 2. The molecule has 0 aromatic heterocycles. The number of ether oxygens (including phenoxy) is 1. The topological polar surface area (TPSA) is 112 Å². The van der Waals surface area contributed by atoms with Crippen molar-refractivity contribution in [1.82, 2.24) is 15.5 Å². The molecule has 2 aliphatic rings. The molecule has 10 heteroatoms. The van der Waals surface area contributed by atoms with Gasteiger partial charge in [0.15, 0.2) is 5.17 Å². The molecule has 41 heavy (non-hydrogen) atoms. The number of para-hydroxylation sites is 2. The van der Waals surface area contributed by atoms with Crippen LogP contribution in [0.3, 0.4) is 0 Å². The fourth-order valence-electron chi connectivity index (χ4n) is 4.66. The molecule has 0 radical (unpaired) electrons. The minimum Gasteiger partial charge on any atom is -0.496 e. The number of methoxy groups -OCH3 is 1. The van der Waals surface area contributed by atoms with E-state index in [-0.39, 0.29) is 36.3 Å². The summed E-state index contributed by atoms with van der Waals surface area (Å²) in [6, 6.07) is 24.2. The first-order chi connectivity index (χ1) is 20.0. The van der Waals surface area contributed by atoms with Crippen molar-refractivity contribution in [2.75, 3.05) is 19.4 Å². The third kappa shape index (κ3) is 6.83. The van der Waals surface area contributed by atoms with Crippen molar-refractivity contribution in [2.45, 2.75) is 31.8 Å². The van der Waals surface area contributed by atoms with Crippen LogP contribution in [0.2, 0.25) is 0 Å². The van der Waals surface area contributed by atoms with Gasteiger partial charge in [0, 0.05) is 30.6 Å². The number of nitrogens with one attached hydrogen (secondary N) is 2. The number of amides is 3. The first-order valence-corrected chi connectivity index (χ1v) is 14.4. The average molecular weight is 570 g/mol. The Morgan fingerprint density at radius 3 is 2.54 bits per heavy atom. The van der Waals surface area contributed by atoms with E-state index in [4.69, 9.17) is 9.73 Å². The molecule has 9 nitrogen and oxygen atoms in total. The molecule has 3 amide bonds. The molecule has 0 bridgehead atoms. The molecule has 2 N–H and O–H groups in total. The molecular formula is C31H31N5O4S. The van der Waals surface area contributed by atoms with Gasteiger partial charge in [0.2, 0.25) is 11.8 Å². The lowest BCUT2D eigenvalue weighted by atomic mass is 10.1. The largest absolute Gasteiger partial charge is 0.496 e. The van der Waals surface area contributed by atoms with Gasteiger partial charge >= 0.3 is 0 Å². The predicted molar refractivity (Wildman–Crippen MR) is 160 cm³/mol. The highest BCUT2D eigenvalue weighted by Gasteiger charge is 2.41. The van der Waals surface area contributed by atoms with Crippen molar-refractivity contribution >= 4 is 46.2 Å². The van der Waals surface area contributed by atoms with Gasteiger partial charge in [0.05, 0.1) is 18.6 Å². The van der Waals surface area contributed by atoms with E-state index in [9.17, 15) is 14.4 Å². The lowest BCUT2D eigenvalue weighted by Crippen LogP contribution is -2.42. The molecule has 0 fully saturated rings. The second-order valence-corrected chi connectivity index (χ2v) is 10.5. The summed E-state index contributed by atoms with van der Waals surface area (Å²) < 4.78 is 5.34. The van der Waals surface area contributed by atoms with Gasteiger partial charge in [0.25, 0.3) is 5.91 Å². The van der Waals surface area contributed by atoms with Gasteiger partial charge in [0.1, 0.15) is 17.6 Å². The summed E-state index contributed by atoms with van der Waals surface area (Å²) in [5.74, 6) is 0.762. The van der Waals surface area contributed by atoms with Crippen LogP contribution in [-0.4, -0.2) is 59.1 Å². The van der Waals surface area contributed by atoms with Gasteiger partial charge in [-0.15, -0.1) is 0 Å². The standard InChI is InChI=1S/C31H31N5O4S/c1-40-26-14-8-5-11-22(26)19-33-27(37)16-15-25-30(39)36-29(34-25)23-12-6-7-13-24(23)35-31(36)41-20-28(38)32-18-17-21-9-3-2-4-10-21/h2-14,25H,15-20H2,1H3,(H,32,38)(H,33,37)/t25-/m1/s1. The Balaban J connectivity index is 1.19. The minimum atomic E-state index is -0.710. The number of carbonyl (C=O) groups excluding carboxylic acids is 3. The normalized spacial score (nSPS) is 15.4. The van der Waals surface area contributed by atoms with Crippen LogP contribution >= 0.6 is 11.8 Å². The number of carbonyl (C=O) groups is 3. The summed E-state index contributed by atoms with van der Waals surface area (Å²) in [7, 11) is 1.59. The van der Waals surface area contributed by atoms with Crippen molar-refractivity contribution < 1.29 is 19.1 Å². The van der Waals surface area contributed by atoms with Crippen LogP contribution in [0.15, 0.2) is 88.8 Å². The van der Waals surface area contributed by atoms with E-state index in [0.717, 1.165) is 23.1 Å². The van der Waals surface area contributed by atoms with Crippen molar-refractivity contribution in [1.29, 1.82) is 0 Å². The lowest BCUT2D eigenvalue weighted by molar-refractivity contribution is -0.125. The predicted octanol–water partition coefficient (Wildman–Crippen LogP) is 3.84. The van der Waals surface area contributed by atoms with Crippen LogP contribution in [0.4, 0.5) is 5.69 Å². The Kier molecular flexibility index (Phi) is 9.10. The van der Waals surface area contributed by atoms with Crippen molar-refractivity contribution in [3.8, 4) is 5.75 Å². The second kappa shape index (κ2) is 13.3. The number of rotatable bonds is 11. The summed E-state index contributed by atoms with van der Waals surface area (Å²) in [5, 5.41) is 6.24. The maximum Gasteiger partial charge on any atom is 0.259 e. The summed E-state index contributed by atoms with van der Waals surface area (Å²) in [6.07, 6.45) is 1.14. The number of thioether (sulfide) groups is 1. The monoisotopic (exact) mass is 569 g/mol. The van der Waals surface area contributed by atoms with Gasteiger partial charge in [-0.1, -0.05) is 72.4 Å². The summed E-state index contributed by atoms with van der Waals surface area (Å²) >= 11 is 1.20. The number of hydrogen-bond donors (Lipinski definition) is 2. The molecule has 1 atom stereocenters. The zero-order valence-electron chi connectivity index (χ0n) is 22.7. The number of nitrogens with zero attached hydrogens (tertiary/aromatic N) is 3. The van der Waals surface area contributed by atoms with E-state index in [1.54, 1.807) is 7.11 Å². The van der Waals surface area contributed by atoms with Gasteiger partial charge in [-0.2, -0.15) is 0 Å². The average Bonchev–Trinajstić information content (AvgIpc) is 3.34. The molecule has 3 aromatic rings. The minimum absolute atomic E-state index is 0.114. The van der Waals surface area contributed by atoms with Crippen LogP contribution in [0, 0.1) is 0 Å². The van der Waals surface area contributed by atoms with Crippen LogP contribution in [0.5, 0.6) is 5.75 Å². The van der Waals surface area contributed by atoms with Crippen LogP contribution in [0.25, 0.3) is 0 Å². The number of hydrogen-bond acceptors (Lipinski definition) is 7. The maximum absolute atomic E-state index is 13.5. The highest BCUT2D eigenvalue weighted by molar-refractivity contribution is 8.14. The Morgan fingerprint density at radius 2 is 1.71 bits per heavy atom. The quantitative estimate of drug-likeness (QED) is 0.364. The van der Waals surface area contributed by atoms with E-state index >= 15 is 0 Å². The zero-order valence-corrected chi connectivity index (χ0v) is 23.5. The van der Waals surface area contributed by atoms with Crippen molar-refractivity contribution in [3.63, 3.8) is 0 Å². The number of benzene rings is 3. The van der Waals surface area contributed by atoms with E-state index < -0.39 is 6.04 Å². The van der Waals surface area contributed by atoms with Gasteiger partial charge in [-0.3, -0.25) is 19.4 Å². The van der Waals surface area contributed by atoms with Crippen LogP contribution < -0.4 is 15.4 Å². The van der Waals surface area contributed by atoms with Gasteiger partial charge < -0.3 is 15.4 Å². The fraction of sp³-hybridized carbons (Fsp3) is 0.258. The Morgan fingerprint density at radius 1 is 0.951 bits per heavy atom. The molecular weight excluding hydrogens is 538 g/mol. The Hall–Kier alpha value is -4.44. The Labute approximate surface area is 243 Å². The third-order valence-corrected chi connectivity index (χ3v) is 7.71. The van der Waals surface area contributed by atoms with Crippen LogP contribution in [-0.2, 0) is 27.3 Å². The zero-order chi connectivity index (χ0) is 28.6. The molecule has 2 aliphatic heterocycles. The van der Waals surface area contributed by atoms with E-state index in [0.29, 0.717) is 35.5 Å². The molecule has 0 unspecified atom stereocenters. The summed E-state index contributed by atoms with van der Waals surface area (Å²) in [5.41, 5.74) is 3.46. The first kappa shape index (κ1) is 28.1. The number of fused-ring (bicyclic) bond motifs is 3. The molecule has 2 heterocycles. The molecule has 0 aliphatic carbocycles. The highest BCUT2D eigenvalue weighted by atomic mass is 32.2.